The van der Waals surface area contributed by atoms with E-state index < -0.39 is 0 Å². The van der Waals surface area contributed by atoms with Gasteiger partial charge in [-0.25, -0.2) is 0 Å². The Morgan fingerprint density at radius 3 is 2.43 bits per heavy atom. The molecule has 4 heteroatoms. The highest BCUT2D eigenvalue weighted by Crippen LogP contribution is 2.21. The molecule has 154 valence electrons. The smallest absolute Gasteiger partial charge is 0.128 e. The lowest BCUT2D eigenvalue weighted by atomic mass is 10.1. The number of hydrogen-bond donors (Lipinski definition) is 1. The summed E-state index contributed by atoms with van der Waals surface area (Å²) in [5, 5.41) is 6.89. The average molecular weight is 401 g/mol. The van der Waals surface area contributed by atoms with Gasteiger partial charge in [0.25, 0.3) is 0 Å². The minimum absolute atomic E-state index is 0.827. The summed E-state index contributed by atoms with van der Waals surface area (Å²) >= 11 is 0. The summed E-state index contributed by atoms with van der Waals surface area (Å²) in [6, 6.07) is 24.7. The van der Waals surface area contributed by atoms with Gasteiger partial charge in [-0.2, -0.15) is 5.10 Å². The first-order chi connectivity index (χ1) is 14.7. The molecule has 4 nitrogen and oxygen atoms in total. The monoisotopic (exact) mass is 400 g/mol. The Bertz CT molecular complexity index is 992. The Labute approximate surface area is 179 Å². The van der Waals surface area contributed by atoms with Crippen molar-refractivity contribution < 1.29 is 9.64 Å². The molecule has 0 radical (unpaired) electrons. The number of hydrogen-bond acceptors (Lipinski definition) is 3. The van der Waals surface area contributed by atoms with Crippen molar-refractivity contribution in [3.05, 3.63) is 95.1 Å². The molecule has 0 aromatic heterocycles. The van der Waals surface area contributed by atoms with Crippen molar-refractivity contribution in [1.29, 1.82) is 0 Å². The average Bonchev–Trinajstić information content (AvgIpc) is 2.76. The molecule has 3 aromatic rings. The summed E-state index contributed by atoms with van der Waals surface area (Å²) < 4.78 is 5.92. The Morgan fingerprint density at radius 1 is 0.900 bits per heavy atom. The van der Waals surface area contributed by atoms with Gasteiger partial charge >= 0.3 is 0 Å². The zero-order chi connectivity index (χ0) is 20.8. The molecule has 0 amide bonds. The zero-order valence-corrected chi connectivity index (χ0v) is 17.8. The molecule has 30 heavy (non-hydrogen) atoms. The van der Waals surface area contributed by atoms with E-state index in [0.717, 1.165) is 49.8 Å². The van der Waals surface area contributed by atoms with Crippen molar-refractivity contribution in [1.82, 2.24) is 5.01 Å². The maximum atomic E-state index is 5.92. The van der Waals surface area contributed by atoms with Gasteiger partial charge in [-0.15, -0.1) is 0 Å². The van der Waals surface area contributed by atoms with Crippen LogP contribution in [-0.2, 0) is 6.54 Å². The number of nitrogens with zero attached hydrogens (tertiary/aromatic N) is 2. The number of benzene rings is 3. The Balaban J connectivity index is 1.30. The van der Waals surface area contributed by atoms with Gasteiger partial charge < -0.3 is 9.64 Å². The fraction of sp³-hybridized carbons (Fsp3) is 0.269. The van der Waals surface area contributed by atoms with Crippen LogP contribution in [0, 0.1) is 13.8 Å². The molecule has 1 N–H and O–H groups in total. The van der Waals surface area contributed by atoms with Gasteiger partial charge in [0.2, 0.25) is 0 Å². The highest BCUT2D eigenvalue weighted by molar-refractivity contribution is 5.80. The second-order valence-electron chi connectivity index (χ2n) is 8.04. The second kappa shape index (κ2) is 9.59. The molecule has 0 unspecified atom stereocenters. The first kappa shape index (κ1) is 20.2. The maximum absolute atomic E-state index is 5.92. The third kappa shape index (κ3) is 5.49. The van der Waals surface area contributed by atoms with Crippen molar-refractivity contribution >= 4 is 6.21 Å². The fourth-order valence-corrected chi connectivity index (χ4v) is 3.85. The second-order valence-corrected chi connectivity index (χ2v) is 8.04. The van der Waals surface area contributed by atoms with E-state index in [-0.39, 0.29) is 0 Å². The van der Waals surface area contributed by atoms with Crippen LogP contribution in [0.4, 0.5) is 0 Å². The predicted molar refractivity (Wildman–Crippen MR) is 122 cm³/mol. The normalized spacial score (nSPS) is 14.9. The van der Waals surface area contributed by atoms with Crippen LogP contribution in [0.15, 0.2) is 77.9 Å². The van der Waals surface area contributed by atoms with Gasteiger partial charge in [0, 0.05) is 5.56 Å². The minimum Gasteiger partial charge on any atom is -0.457 e. The minimum atomic E-state index is 0.827. The molecule has 0 spiro atoms. The maximum Gasteiger partial charge on any atom is 0.128 e. The Kier molecular flexibility index (Phi) is 6.45. The highest BCUT2D eigenvalue weighted by atomic mass is 16.5. The molecule has 0 atom stereocenters. The molecule has 1 aliphatic rings. The number of hydrazone groups is 1. The van der Waals surface area contributed by atoms with Crippen LogP contribution in [0.3, 0.4) is 0 Å². The van der Waals surface area contributed by atoms with Crippen LogP contribution in [0.5, 0.6) is 11.5 Å². The zero-order valence-electron chi connectivity index (χ0n) is 17.8. The molecule has 1 saturated heterocycles. The fourth-order valence-electron chi connectivity index (χ4n) is 3.85. The molecule has 3 aromatic carbocycles. The lowest BCUT2D eigenvalue weighted by Gasteiger charge is -2.30. The van der Waals surface area contributed by atoms with E-state index in [2.05, 4.69) is 43.1 Å². The van der Waals surface area contributed by atoms with Crippen LogP contribution in [-0.4, -0.2) is 37.4 Å². The Morgan fingerprint density at radius 2 is 1.67 bits per heavy atom. The lowest BCUT2D eigenvalue weighted by Crippen LogP contribution is -3.13. The molecular formula is C26H30N3O+. The number of para-hydroxylation sites is 1. The number of nitrogens with one attached hydrogen (secondary N) is 1. The van der Waals surface area contributed by atoms with E-state index in [1.807, 2.05) is 54.7 Å². The SMILES string of the molecule is Cc1ccc(C[NH+]2CCN(/N=C\c3cccc(Oc4ccccc4)c3)CC2)c(C)c1. The number of aryl methyl sites for hydroxylation is 2. The number of rotatable bonds is 6. The van der Waals surface area contributed by atoms with Crippen molar-refractivity contribution in [2.45, 2.75) is 20.4 Å². The topological polar surface area (TPSA) is 29.3 Å². The molecular weight excluding hydrogens is 370 g/mol. The van der Waals surface area contributed by atoms with E-state index in [1.165, 1.54) is 16.7 Å². The molecule has 1 heterocycles. The molecule has 0 bridgehead atoms. The van der Waals surface area contributed by atoms with Gasteiger partial charge in [-0.1, -0.05) is 54.1 Å². The van der Waals surface area contributed by atoms with Crippen LogP contribution in [0.25, 0.3) is 0 Å². The third-order valence-corrected chi connectivity index (χ3v) is 5.59. The van der Waals surface area contributed by atoms with Gasteiger partial charge in [-0.3, -0.25) is 5.01 Å². The summed E-state index contributed by atoms with van der Waals surface area (Å²) in [6.07, 6.45) is 1.94. The summed E-state index contributed by atoms with van der Waals surface area (Å²) in [6.45, 7) is 9.67. The van der Waals surface area contributed by atoms with Crippen LogP contribution >= 0.6 is 0 Å². The van der Waals surface area contributed by atoms with Gasteiger partial charge in [0.15, 0.2) is 0 Å². The van der Waals surface area contributed by atoms with Gasteiger partial charge in [0.05, 0.1) is 32.4 Å². The summed E-state index contributed by atoms with van der Waals surface area (Å²) in [4.78, 5) is 1.63. The van der Waals surface area contributed by atoms with Crippen molar-refractivity contribution in [3.8, 4) is 11.5 Å². The first-order valence-corrected chi connectivity index (χ1v) is 10.7. The summed E-state index contributed by atoms with van der Waals surface area (Å²) in [7, 11) is 0. The molecule has 0 saturated carbocycles. The summed E-state index contributed by atoms with van der Waals surface area (Å²) in [5.41, 5.74) is 5.25. The largest absolute Gasteiger partial charge is 0.457 e. The number of quaternary nitrogens is 1. The van der Waals surface area contributed by atoms with E-state index in [1.54, 1.807) is 4.90 Å². The quantitative estimate of drug-likeness (QED) is 0.637. The standard InChI is InChI=1S/C26H29N3O/c1-21-11-12-24(22(2)17-21)20-28-13-15-29(16-14-28)27-19-23-7-6-10-26(18-23)30-25-8-4-3-5-9-25/h3-12,17-19H,13-16,20H2,1-2H3/p+1/b27-19-. The van der Waals surface area contributed by atoms with E-state index in [9.17, 15) is 0 Å². The van der Waals surface area contributed by atoms with E-state index in [4.69, 9.17) is 9.84 Å². The summed E-state index contributed by atoms with van der Waals surface area (Å²) in [5.74, 6) is 1.67. The molecule has 1 fully saturated rings. The highest BCUT2D eigenvalue weighted by Gasteiger charge is 2.19. The van der Waals surface area contributed by atoms with Gasteiger partial charge in [0.1, 0.15) is 18.0 Å². The van der Waals surface area contributed by atoms with Crippen LogP contribution in [0.2, 0.25) is 0 Å². The van der Waals surface area contributed by atoms with Crippen molar-refractivity contribution in [3.63, 3.8) is 0 Å². The number of ether oxygens (including phenoxy) is 1. The van der Waals surface area contributed by atoms with E-state index in [0.29, 0.717) is 0 Å². The number of piperazine rings is 1. The third-order valence-electron chi connectivity index (χ3n) is 5.59. The predicted octanol–water partition coefficient (Wildman–Crippen LogP) is 3.83. The van der Waals surface area contributed by atoms with E-state index >= 15 is 0 Å². The molecule has 1 aliphatic heterocycles. The van der Waals surface area contributed by atoms with Gasteiger partial charge in [-0.05, 0) is 49.2 Å². The Hall–Kier alpha value is -3.11. The molecule has 4 rings (SSSR count). The lowest BCUT2D eigenvalue weighted by molar-refractivity contribution is -0.918. The van der Waals surface area contributed by atoms with Crippen LogP contribution in [0.1, 0.15) is 22.3 Å². The first-order valence-electron chi connectivity index (χ1n) is 10.7. The molecule has 0 aliphatic carbocycles. The van der Waals surface area contributed by atoms with Crippen molar-refractivity contribution in [2.75, 3.05) is 26.2 Å². The van der Waals surface area contributed by atoms with Crippen LogP contribution < -0.4 is 9.64 Å². The van der Waals surface area contributed by atoms with Crippen molar-refractivity contribution in [2.24, 2.45) is 5.10 Å².